The quantitative estimate of drug-likeness (QED) is 0.135. The first-order chi connectivity index (χ1) is 26.4. The molecule has 8 rings (SSSR count). The number of hydrogen-bond acceptors (Lipinski definition) is 8. The van der Waals surface area contributed by atoms with Crippen molar-refractivity contribution in [3.8, 4) is 17.2 Å². The molecule has 0 bridgehead atoms. The summed E-state index contributed by atoms with van der Waals surface area (Å²) >= 11 is 19.2. The smallest absolute Gasteiger partial charge is 0.260 e. The van der Waals surface area contributed by atoms with Gasteiger partial charge in [0.2, 0.25) is 11.8 Å². The van der Waals surface area contributed by atoms with E-state index in [0.29, 0.717) is 32.6 Å². The molecule has 0 radical (unpaired) electrons. The minimum atomic E-state index is -1.57. The van der Waals surface area contributed by atoms with Crippen molar-refractivity contribution in [3.63, 3.8) is 0 Å². The molecular formula is C42H36Cl3N3O7. The fraction of sp³-hybridized carbons (Fsp3) is 0.286. The lowest BCUT2D eigenvalue weighted by atomic mass is 9.49. The van der Waals surface area contributed by atoms with Crippen molar-refractivity contribution in [3.05, 3.63) is 122 Å². The van der Waals surface area contributed by atoms with Gasteiger partial charge in [0.1, 0.15) is 5.75 Å². The van der Waals surface area contributed by atoms with E-state index in [1.54, 1.807) is 80.8 Å². The Bertz CT molecular complexity index is 2310. The highest BCUT2D eigenvalue weighted by Crippen LogP contribution is 2.64. The molecule has 3 fully saturated rings. The number of imide groups is 2. The number of fused-ring (bicyclic) bond motifs is 4. The Hall–Kier alpha value is -5.03. The Balaban J connectivity index is 1.34. The lowest BCUT2D eigenvalue weighted by Gasteiger charge is -2.50. The SMILES string of the molecule is CCOc1cc(C2C3=CCC4C(=O)N(c5ccc(C)c(Cl)c5)C(=O)C4C3CC3C(=O)N(Nc4ccc(Cl)cc4Cl)C(=O)C32c2ccc(OC)cc2)ccc1O. The predicted molar refractivity (Wildman–Crippen MR) is 209 cm³/mol. The van der Waals surface area contributed by atoms with Crippen molar-refractivity contribution in [2.45, 2.75) is 38.0 Å². The second kappa shape index (κ2) is 13.9. The van der Waals surface area contributed by atoms with Gasteiger partial charge in [0.05, 0.1) is 53.3 Å². The molecule has 13 heteroatoms. The molecule has 2 aliphatic carbocycles. The van der Waals surface area contributed by atoms with Gasteiger partial charge in [0.25, 0.3) is 11.8 Å². The first-order valence-corrected chi connectivity index (χ1v) is 19.1. The summed E-state index contributed by atoms with van der Waals surface area (Å²) < 4.78 is 11.3. The third-order valence-corrected chi connectivity index (χ3v) is 12.6. The van der Waals surface area contributed by atoms with E-state index in [1.807, 2.05) is 13.0 Å². The molecule has 2 heterocycles. The molecule has 10 nitrogen and oxygen atoms in total. The Morgan fingerprint density at radius 3 is 2.33 bits per heavy atom. The molecule has 2 aliphatic heterocycles. The summed E-state index contributed by atoms with van der Waals surface area (Å²) in [4.78, 5) is 60.4. The average Bonchev–Trinajstić information content (AvgIpc) is 3.55. The van der Waals surface area contributed by atoms with E-state index >= 15 is 4.79 Å². The fourth-order valence-electron chi connectivity index (χ4n) is 9.18. The van der Waals surface area contributed by atoms with E-state index in [1.165, 1.54) is 17.0 Å². The highest BCUT2D eigenvalue weighted by Gasteiger charge is 2.70. The molecule has 4 amide bonds. The number of nitrogens with zero attached hydrogens (tertiary/aromatic N) is 2. The number of methoxy groups -OCH3 is 1. The van der Waals surface area contributed by atoms with Crippen LogP contribution in [-0.2, 0) is 24.6 Å². The first kappa shape index (κ1) is 36.9. The van der Waals surface area contributed by atoms with E-state index in [-0.39, 0.29) is 53.5 Å². The molecule has 6 unspecified atom stereocenters. The van der Waals surface area contributed by atoms with Crippen molar-refractivity contribution in [1.82, 2.24) is 5.01 Å². The summed E-state index contributed by atoms with van der Waals surface area (Å²) in [6.45, 7) is 3.89. The van der Waals surface area contributed by atoms with Crippen molar-refractivity contribution >= 4 is 69.8 Å². The fourth-order valence-corrected chi connectivity index (χ4v) is 9.80. The van der Waals surface area contributed by atoms with Gasteiger partial charge in [-0.3, -0.25) is 24.6 Å². The minimum Gasteiger partial charge on any atom is -0.504 e. The molecule has 4 aromatic rings. The molecule has 2 N–H and O–H groups in total. The number of nitrogens with one attached hydrogen (secondary N) is 1. The summed E-state index contributed by atoms with van der Waals surface area (Å²) in [5, 5.41) is 12.8. The van der Waals surface area contributed by atoms with Crippen LogP contribution in [0.4, 0.5) is 11.4 Å². The lowest BCUT2D eigenvalue weighted by Crippen LogP contribution is -2.53. The minimum absolute atomic E-state index is 0.0878. The third kappa shape index (κ3) is 5.68. The number of amides is 4. The van der Waals surface area contributed by atoms with Crippen LogP contribution in [0.3, 0.4) is 0 Å². The number of benzene rings is 4. The maximum Gasteiger partial charge on any atom is 0.260 e. The highest BCUT2D eigenvalue weighted by atomic mass is 35.5. The second-order valence-electron chi connectivity index (χ2n) is 14.3. The number of carbonyl (C=O) groups excluding carboxylic acids is 4. The van der Waals surface area contributed by atoms with Crippen molar-refractivity contribution < 1.29 is 33.8 Å². The summed E-state index contributed by atoms with van der Waals surface area (Å²) in [6, 6.07) is 21.7. The zero-order valence-electron chi connectivity index (χ0n) is 30.0. The lowest BCUT2D eigenvalue weighted by molar-refractivity contribution is -0.138. The van der Waals surface area contributed by atoms with Crippen molar-refractivity contribution in [1.29, 1.82) is 0 Å². The third-order valence-electron chi connectivity index (χ3n) is 11.6. The zero-order chi connectivity index (χ0) is 38.9. The van der Waals surface area contributed by atoms with E-state index in [2.05, 4.69) is 5.43 Å². The zero-order valence-corrected chi connectivity index (χ0v) is 32.3. The highest BCUT2D eigenvalue weighted by molar-refractivity contribution is 6.36. The van der Waals surface area contributed by atoms with Crippen LogP contribution in [-0.4, -0.2) is 47.5 Å². The Kier molecular flexibility index (Phi) is 9.35. The largest absolute Gasteiger partial charge is 0.504 e. The molecule has 0 aromatic heterocycles. The molecule has 0 spiro atoms. The molecular weight excluding hydrogens is 765 g/mol. The molecule has 55 heavy (non-hydrogen) atoms. The number of rotatable bonds is 8. The number of aromatic hydroxyl groups is 1. The van der Waals surface area contributed by atoms with Gasteiger partial charge in [0, 0.05) is 16.0 Å². The van der Waals surface area contributed by atoms with Crippen LogP contribution < -0.4 is 19.8 Å². The molecule has 4 aromatic carbocycles. The van der Waals surface area contributed by atoms with E-state index in [4.69, 9.17) is 44.3 Å². The van der Waals surface area contributed by atoms with Crippen LogP contribution in [0.15, 0.2) is 90.5 Å². The first-order valence-electron chi connectivity index (χ1n) is 17.9. The number of phenols is 1. The molecule has 4 aliphatic rings. The second-order valence-corrected chi connectivity index (χ2v) is 15.6. The number of anilines is 2. The van der Waals surface area contributed by atoms with Crippen LogP contribution in [0.1, 0.15) is 42.4 Å². The number of carbonyl (C=O) groups is 4. The number of hydrogen-bond donors (Lipinski definition) is 2. The van der Waals surface area contributed by atoms with Gasteiger partial charge in [-0.05, 0) is 104 Å². The van der Waals surface area contributed by atoms with E-state index in [9.17, 15) is 19.5 Å². The van der Waals surface area contributed by atoms with Crippen LogP contribution in [0.5, 0.6) is 17.2 Å². The summed E-state index contributed by atoms with van der Waals surface area (Å²) in [6.07, 6.45) is 2.29. The summed E-state index contributed by atoms with van der Waals surface area (Å²) in [5.74, 6) is -5.12. The Morgan fingerprint density at radius 1 is 0.873 bits per heavy atom. The van der Waals surface area contributed by atoms with Crippen LogP contribution in [0.25, 0.3) is 0 Å². The van der Waals surface area contributed by atoms with Crippen molar-refractivity contribution in [2.75, 3.05) is 24.0 Å². The van der Waals surface area contributed by atoms with Crippen LogP contribution in [0, 0.1) is 30.6 Å². The van der Waals surface area contributed by atoms with Crippen LogP contribution in [0.2, 0.25) is 15.1 Å². The molecule has 2 saturated heterocycles. The topological polar surface area (TPSA) is 125 Å². The van der Waals surface area contributed by atoms with Gasteiger partial charge in [-0.1, -0.05) is 70.7 Å². The number of allylic oxidation sites excluding steroid dienone is 2. The van der Waals surface area contributed by atoms with E-state index < -0.39 is 46.8 Å². The Morgan fingerprint density at radius 2 is 1.64 bits per heavy atom. The Labute approximate surface area is 332 Å². The van der Waals surface area contributed by atoms with Crippen molar-refractivity contribution in [2.24, 2.45) is 23.7 Å². The maximum absolute atomic E-state index is 15.5. The number of halogens is 3. The number of hydrazine groups is 1. The predicted octanol–water partition coefficient (Wildman–Crippen LogP) is 8.26. The molecule has 282 valence electrons. The number of aryl methyl sites for hydroxylation is 1. The monoisotopic (exact) mass is 799 g/mol. The summed E-state index contributed by atoms with van der Waals surface area (Å²) in [5.41, 5.74) is 4.78. The number of ether oxygens (including phenoxy) is 2. The van der Waals surface area contributed by atoms with Gasteiger partial charge < -0.3 is 14.6 Å². The molecule has 6 atom stereocenters. The van der Waals surface area contributed by atoms with Gasteiger partial charge in [-0.15, -0.1) is 0 Å². The maximum atomic E-state index is 15.5. The van der Waals surface area contributed by atoms with Gasteiger partial charge in [-0.25, -0.2) is 4.90 Å². The van der Waals surface area contributed by atoms with Gasteiger partial charge in [-0.2, -0.15) is 5.01 Å². The number of phenolic OH excluding ortho intramolecular Hbond substituents is 1. The standard InChI is InChI=1S/C42H36Cl3N3O7/c1-4-55-35-17-22(6-16-34(35)49)37-27-13-14-28-36(40(52)47(38(28)50)25-10-5-21(2)31(44)19-25)29(27)20-30-39(51)48(46-33-15-9-24(43)18-32(33)45)41(53)42(30,37)23-7-11-26(54-3)12-8-23/h5-13,15-19,28-30,36-37,46,49H,4,14,20H2,1-3H3. The van der Waals surface area contributed by atoms with E-state index in [0.717, 1.165) is 16.1 Å². The normalized spacial score (nSPS) is 25.7. The van der Waals surface area contributed by atoms with Gasteiger partial charge in [0.15, 0.2) is 11.5 Å². The summed E-state index contributed by atoms with van der Waals surface area (Å²) in [7, 11) is 1.54. The van der Waals surface area contributed by atoms with Gasteiger partial charge >= 0.3 is 0 Å². The average molecular weight is 801 g/mol. The molecule has 1 saturated carbocycles. The van der Waals surface area contributed by atoms with Crippen LogP contribution >= 0.6 is 34.8 Å².